The predicted octanol–water partition coefficient (Wildman–Crippen LogP) is 2.47. The minimum Gasteiger partial charge on any atom is -0.324 e. The van der Waals surface area contributed by atoms with Crippen LogP contribution in [0.4, 0.5) is 14.9 Å². The molecule has 2 aromatic carbocycles. The highest BCUT2D eigenvalue weighted by Gasteiger charge is 2.55. The highest BCUT2D eigenvalue weighted by Crippen LogP contribution is 2.41. The maximum atomic E-state index is 13.4. The number of carbonyl (C=O) groups excluding carboxylic acids is 3. The zero-order chi connectivity index (χ0) is 19.2. The molecule has 4 amide bonds. The lowest BCUT2D eigenvalue weighted by Gasteiger charge is -2.22. The molecule has 2 N–H and O–H groups in total. The van der Waals surface area contributed by atoms with Gasteiger partial charge in [0.05, 0.1) is 0 Å². The molecule has 2 aliphatic rings. The molecular formula is C20H18FN3O3. The number of hydrogen-bond donors (Lipinski definition) is 2. The van der Waals surface area contributed by atoms with E-state index in [1.54, 1.807) is 13.0 Å². The smallest absolute Gasteiger partial charge is 0.324 e. The van der Waals surface area contributed by atoms with Gasteiger partial charge in [0, 0.05) is 5.69 Å². The Labute approximate surface area is 155 Å². The summed E-state index contributed by atoms with van der Waals surface area (Å²) in [5.41, 5.74) is 1.71. The number of halogens is 1. The number of amides is 4. The van der Waals surface area contributed by atoms with Crippen LogP contribution in [0.3, 0.4) is 0 Å². The molecule has 1 spiro atoms. The molecule has 2 aromatic rings. The van der Waals surface area contributed by atoms with Gasteiger partial charge in [-0.2, -0.15) is 0 Å². The Bertz CT molecular complexity index is 975. The van der Waals surface area contributed by atoms with E-state index in [0.29, 0.717) is 24.1 Å². The van der Waals surface area contributed by atoms with Gasteiger partial charge >= 0.3 is 6.03 Å². The second-order valence-corrected chi connectivity index (χ2v) is 6.89. The summed E-state index contributed by atoms with van der Waals surface area (Å²) in [6, 6.07) is 10.9. The summed E-state index contributed by atoms with van der Waals surface area (Å²) in [6.07, 6.45) is 1.16. The Balaban J connectivity index is 1.54. The van der Waals surface area contributed by atoms with Crippen LogP contribution in [0.5, 0.6) is 0 Å². The van der Waals surface area contributed by atoms with Gasteiger partial charge in [-0.1, -0.05) is 30.3 Å². The van der Waals surface area contributed by atoms with Crippen molar-refractivity contribution in [1.82, 2.24) is 10.2 Å². The standard InChI is InChI=1S/C20H18FN3O3/c1-12-6-7-14(21)10-16(12)22-17(25)11-24-18(26)20(23-19(24)27)9-8-13-4-2-3-5-15(13)20/h2-7,10H,8-9,11H2,1H3,(H,22,25)(H,23,27)/t20-/m1/s1. The number of urea groups is 1. The Hall–Kier alpha value is -3.22. The second kappa shape index (κ2) is 6.19. The van der Waals surface area contributed by atoms with Gasteiger partial charge in [0.2, 0.25) is 5.91 Å². The summed E-state index contributed by atoms with van der Waals surface area (Å²) >= 11 is 0. The number of anilines is 1. The van der Waals surface area contributed by atoms with Gasteiger partial charge in [0.15, 0.2) is 0 Å². The number of imide groups is 1. The first-order valence-electron chi connectivity index (χ1n) is 8.69. The third-order valence-electron chi connectivity index (χ3n) is 5.20. The minimum absolute atomic E-state index is 0.313. The van der Waals surface area contributed by atoms with Gasteiger partial charge in [0.1, 0.15) is 17.9 Å². The zero-order valence-electron chi connectivity index (χ0n) is 14.7. The zero-order valence-corrected chi connectivity index (χ0v) is 14.7. The number of benzene rings is 2. The van der Waals surface area contributed by atoms with Crippen molar-refractivity contribution in [3.8, 4) is 0 Å². The molecule has 1 fully saturated rings. The van der Waals surface area contributed by atoms with E-state index >= 15 is 0 Å². The van der Waals surface area contributed by atoms with E-state index in [4.69, 9.17) is 0 Å². The van der Waals surface area contributed by atoms with Crippen molar-refractivity contribution in [2.45, 2.75) is 25.3 Å². The van der Waals surface area contributed by atoms with Crippen LogP contribution in [0.15, 0.2) is 42.5 Å². The first kappa shape index (κ1) is 17.2. The van der Waals surface area contributed by atoms with Crippen molar-refractivity contribution >= 4 is 23.5 Å². The third-order valence-corrected chi connectivity index (χ3v) is 5.20. The van der Waals surface area contributed by atoms with Crippen LogP contribution < -0.4 is 10.6 Å². The quantitative estimate of drug-likeness (QED) is 0.818. The van der Waals surface area contributed by atoms with Crippen molar-refractivity contribution < 1.29 is 18.8 Å². The number of aryl methyl sites for hydroxylation is 2. The minimum atomic E-state index is -1.09. The van der Waals surface area contributed by atoms with Crippen LogP contribution in [0, 0.1) is 12.7 Å². The molecule has 1 aliphatic heterocycles. The molecule has 0 radical (unpaired) electrons. The first-order chi connectivity index (χ1) is 12.9. The average Bonchev–Trinajstić information content (AvgIpc) is 3.12. The molecule has 1 atom stereocenters. The summed E-state index contributed by atoms with van der Waals surface area (Å²) in [5, 5.41) is 5.34. The fourth-order valence-corrected chi connectivity index (χ4v) is 3.80. The van der Waals surface area contributed by atoms with E-state index < -0.39 is 35.7 Å². The summed E-state index contributed by atoms with van der Waals surface area (Å²) in [5.74, 6) is -1.47. The maximum absolute atomic E-state index is 13.4. The number of hydrogen-bond acceptors (Lipinski definition) is 3. The Morgan fingerprint density at radius 3 is 2.85 bits per heavy atom. The molecule has 6 nitrogen and oxygen atoms in total. The fourth-order valence-electron chi connectivity index (χ4n) is 3.80. The van der Waals surface area contributed by atoms with Crippen molar-refractivity contribution in [3.63, 3.8) is 0 Å². The molecule has 0 aromatic heterocycles. The lowest BCUT2D eigenvalue weighted by atomic mass is 9.92. The van der Waals surface area contributed by atoms with Crippen molar-refractivity contribution in [2.75, 3.05) is 11.9 Å². The van der Waals surface area contributed by atoms with E-state index in [1.165, 1.54) is 12.1 Å². The Morgan fingerprint density at radius 1 is 1.26 bits per heavy atom. The van der Waals surface area contributed by atoms with Crippen LogP contribution >= 0.6 is 0 Å². The van der Waals surface area contributed by atoms with Gasteiger partial charge in [-0.15, -0.1) is 0 Å². The summed E-state index contributed by atoms with van der Waals surface area (Å²) in [7, 11) is 0. The van der Waals surface area contributed by atoms with E-state index in [1.807, 2.05) is 24.3 Å². The Morgan fingerprint density at radius 2 is 2.04 bits per heavy atom. The number of fused-ring (bicyclic) bond motifs is 2. The van der Waals surface area contributed by atoms with E-state index in [9.17, 15) is 18.8 Å². The van der Waals surface area contributed by atoms with Crippen LogP contribution in [0.25, 0.3) is 0 Å². The van der Waals surface area contributed by atoms with Crippen LogP contribution in [0.2, 0.25) is 0 Å². The Kier molecular flexibility index (Phi) is 3.95. The van der Waals surface area contributed by atoms with E-state index in [0.717, 1.165) is 16.0 Å². The molecule has 0 saturated carbocycles. The summed E-state index contributed by atoms with van der Waals surface area (Å²) in [6.45, 7) is 1.30. The summed E-state index contributed by atoms with van der Waals surface area (Å²) < 4.78 is 13.4. The molecule has 1 heterocycles. The second-order valence-electron chi connectivity index (χ2n) is 6.89. The normalized spacial score (nSPS) is 20.7. The average molecular weight is 367 g/mol. The molecule has 0 bridgehead atoms. The number of nitrogens with one attached hydrogen (secondary N) is 2. The lowest BCUT2D eigenvalue weighted by Crippen LogP contribution is -2.43. The molecule has 1 aliphatic carbocycles. The number of rotatable bonds is 3. The van der Waals surface area contributed by atoms with Crippen molar-refractivity contribution in [1.29, 1.82) is 0 Å². The predicted molar refractivity (Wildman–Crippen MR) is 96.5 cm³/mol. The first-order valence-corrected chi connectivity index (χ1v) is 8.69. The van der Waals surface area contributed by atoms with Crippen LogP contribution in [0.1, 0.15) is 23.1 Å². The van der Waals surface area contributed by atoms with Crippen LogP contribution in [-0.2, 0) is 21.5 Å². The molecule has 138 valence electrons. The van der Waals surface area contributed by atoms with Gasteiger partial charge in [-0.25, -0.2) is 9.18 Å². The molecule has 4 rings (SSSR count). The maximum Gasteiger partial charge on any atom is 0.325 e. The summed E-state index contributed by atoms with van der Waals surface area (Å²) in [4.78, 5) is 38.7. The highest BCUT2D eigenvalue weighted by atomic mass is 19.1. The highest BCUT2D eigenvalue weighted by molar-refractivity contribution is 6.11. The number of carbonyl (C=O) groups is 3. The van der Waals surface area contributed by atoms with E-state index in [2.05, 4.69) is 10.6 Å². The molecule has 7 heteroatoms. The largest absolute Gasteiger partial charge is 0.325 e. The van der Waals surface area contributed by atoms with E-state index in [-0.39, 0.29) is 0 Å². The van der Waals surface area contributed by atoms with Crippen molar-refractivity contribution in [2.24, 2.45) is 0 Å². The molecular weight excluding hydrogens is 349 g/mol. The fraction of sp³-hybridized carbons (Fsp3) is 0.250. The van der Waals surface area contributed by atoms with Gasteiger partial charge in [-0.3, -0.25) is 14.5 Å². The monoisotopic (exact) mass is 367 g/mol. The number of nitrogens with zero attached hydrogens (tertiary/aromatic N) is 1. The van der Waals surface area contributed by atoms with Crippen molar-refractivity contribution in [3.05, 3.63) is 65.0 Å². The van der Waals surface area contributed by atoms with Gasteiger partial charge in [-0.05, 0) is 48.6 Å². The third kappa shape index (κ3) is 2.75. The SMILES string of the molecule is Cc1ccc(F)cc1NC(=O)CN1C(=O)N[C@@]2(CCc3ccccc32)C1=O. The molecule has 1 saturated heterocycles. The van der Waals surface area contributed by atoms with Gasteiger partial charge < -0.3 is 10.6 Å². The van der Waals surface area contributed by atoms with Gasteiger partial charge in [0.25, 0.3) is 5.91 Å². The lowest BCUT2D eigenvalue weighted by molar-refractivity contribution is -0.134. The van der Waals surface area contributed by atoms with Crippen LogP contribution in [-0.4, -0.2) is 29.3 Å². The topological polar surface area (TPSA) is 78.5 Å². The molecule has 0 unspecified atom stereocenters. The molecule has 27 heavy (non-hydrogen) atoms.